The first-order chi connectivity index (χ1) is 5.88. The van der Waals surface area contributed by atoms with E-state index in [-0.39, 0.29) is 5.41 Å². The number of aromatic nitrogens is 2. The van der Waals surface area contributed by atoms with Crippen molar-refractivity contribution in [2.24, 2.45) is 5.41 Å². The Hall–Kier alpha value is -1.06. The Labute approximate surface area is 78.9 Å². The second kappa shape index (κ2) is 3.36. The third-order valence-electron chi connectivity index (χ3n) is 1.55. The molecule has 0 fully saturated rings. The monoisotopic (exact) mass is 183 g/mol. The third-order valence-corrected chi connectivity index (χ3v) is 1.55. The van der Waals surface area contributed by atoms with Crippen LogP contribution >= 0.6 is 0 Å². The number of aryl methyl sites for hydroxylation is 1. The fourth-order valence-electron chi connectivity index (χ4n) is 1.22. The Balaban J connectivity index is 2.64. The van der Waals surface area contributed by atoms with Gasteiger partial charge in [0.05, 0.1) is 0 Å². The molecule has 1 aromatic heterocycles. The predicted octanol–water partition coefficient (Wildman–Crippen LogP) is 1.86. The van der Waals surface area contributed by atoms with Crippen molar-refractivity contribution in [3.8, 4) is 0 Å². The Kier molecular flexibility index (Phi) is 2.59. The number of hydrogen-bond acceptors (Lipinski definition) is 4. The molecule has 0 spiro atoms. The van der Waals surface area contributed by atoms with Crippen LogP contribution in [0.5, 0.6) is 0 Å². The van der Waals surface area contributed by atoms with E-state index in [1.807, 2.05) is 11.9 Å². The number of hydrogen-bond donors (Lipinski definition) is 0. The minimum Gasteiger partial charge on any atom is -0.408 e. The van der Waals surface area contributed by atoms with Gasteiger partial charge in [-0.05, 0) is 5.41 Å². The summed E-state index contributed by atoms with van der Waals surface area (Å²) in [6.45, 7) is 9.21. The minimum atomic E-state index is 0.233. The van der Waals surface area contributed by atoms with Crippen molar-refractivity contribution >= 4 is 6.01 Å². The van der Waals surface area contributed by atoms with Gasteiger partial charge in [0, 0.05) is 20.5 Å². The average molecular weight is 183 g/mol. The van der Waals surface area contributed by atoms with Gasteiger partial charge in [-0.15, -0.1) is 5.10 Å². The number of rotatable bonds is 2. The van der Waals surface area contributed by atoms with Gasteiger partial charge in [0.15, 0.2) is 0 Å². The van der Waals surface area contributed by atoms with Crippen molar-refractivity contribution in [3.63, 3.8) is 0 Å². The summed E-state index contributed by atoms with van der Waals surface area (Å²) in [5.74, 6) is 0.607. The lowest BCUT2D eigenvalue weighted by Gasteiger charge is -2.24. The van der Waals surface area contributed by atoms with Gasteiger partial charge in [-0.25, -0.2) is 0 Å². The Bertz CT molecular complexity index is 275. The van der Waals surface area contributed by atoms with E-state index in [1.54, 1.807) is 6.92 Å². The van der Waals surface area contributed by atoms with E-state index in [4.69, 9.17) is 4.42 Å². The fraction of sp³-hybridized carbons (Fsp3) is 0.778. The molecule has 0 saturated heterocycles. The lowest BCUT2D eigenvalue weighted by Crippen LogP contribution is -2.29. The van der Waals surface area contributed by atoms with E-state index in [0.29, 0.717) is 11.9 Å². The fourth-order valence-corrected chi connectivity index (χ4v) is 1.22. The van der Waals surface area contributed by atoms with E-state index < -0.39 is 0 Å². The first-order valence-corrected chi connectivity index (χ1v) is 4.40. The Morgan fingerprint density at radius 3 is 2.31 bits per heavy atom. The summed E-state index contributed by atoms with van der Waals surface area (Å²) in [6, 6.07) is 0.590. The maximum atomic E-state index is 5.29. The highest BCUT2D eigenvalue weighted by molar-refractivity contribution is 5.22. The predicted molar refractivity (Wildman–Crippen MR) is 51.8 cm³/mol. The largest absolute Gasteiger partial charge is 0.408 e. The van der Waals surface area contributed by atoms with E-state index >= 15 is 0 Å². The zero-order valence-corrected chi connectivity index (χ0v) is 8.96. The van der Waals surface area contributed by atoms with E-state index in [1.165, 1.54) is 0 Å². The molecule has 1 rings (SSSR count). The van der Waals surface area contributed by atoms with Crippen molar-refractivity contribution in [3.05, 3.63) is 5.89 Å². The topological polar surface area (TPSA) is 42.2 Å². The van der Waals surface area contributed by atoms with Crippen molar-refractivity contribution in [1.82, 2.24) is 10.2 Å². The first kappa shape index (κ1) is 10.0. The van der Waals surface area contributed by atoms with Gasteiger partial charge in [0.1, 0.15) is 0 Å². The SMILES string of the molecule is Cc1nnc(N(C)CC(C)(C)C)o1. The molecule has 1 aromatic rings. The summed E-state index contributed by atoms with van der Waals surface area (Å²) >= 11 is 0. The van der Waals surface area contributed by atoms with Crippen LogP contribution in [0.15, 0.2) is 4.42 Å². The van der Waals surface area contributed by atoms with Crippen LogP contribution in [-0.2, 0) is 0 Å². The molecule has 0 aliphatic rings. The zero-order valence-electron chi connectivity index (χ0n) is 8.96. The molecule has 0 aliphatic heterocycles. The lowest BCUT2D eigenvalue weighted by atomic mass is 9.96. The maximum absolute atomic E-state index is 5.29. The standard InChI is InChI=1S/C9H17N3O/c1-7-10-11-8(13-7)12(5)6-9(2,3)4/h6H2,1-5H3. The molecule has 0 saturated carbocycles. The Morgan fingerprint density at radius 2 is 1.92 bits per heavy atom. The normalized spacial score (nSPS) is 11.8. The molecule has 4 nitrogen and oxygen atoms in total. The van der Waals surface area contributed by atoms with Gasteiger partial charge < -0.3 is 9.32 Å². The van der Waals surface area contributed by atoms with Crippen molar-refractivity contribution in [1.29, 1.82) is 0 Å². The van der Waals surface area contributed by atoms with Gasteiger partial charge in [-0.3, -0.25) is 0 Å². The quantitative estimate of drug-likeness (QED) is 0.701. The van der Waals surface area contributed by atoms with Crippen LogP contribution in [0.25, 0.3) is 0 Å². The van der Waals surface area contributed by atoms with Crippen LogP contribution in [0.1, 0.15) is 26.7 Å². The molecular weight excluding hydrogens is 166 g/mol. The molecule has 4 heteroatoms. The van der Waals surface area contributed by atoms with Crippen LogP contribution in [0.4, 0.5) is 6.01 Å². The summed E-state index contributed by atoms with van der Waals surface area (Å²) in [6.07, 6.45) is 0. The molecule has 1 heterocycles. The van der Waals surface area contributed by atoms with Gasteiger partial charge in [-0.2, -0.15) is 0 Å². The van der Waals surface area contributed by atoms with Crippen LogP contribution < -0.4 is 4.90 Å². The van der Waals surface area contributed by atoms with Gasteiger partial charge in [-0.1, -0.05) is 25.9 Å². The van der Waals surface area contributed by atoms with E-state index in [9.17, 15) is 0 Å². The maximum Gasteiger partial charge on any atom is 0.317 e. The zero-order chi connectivity index (χ0) is 10.1. The highest BCUT2D eigenvalue weighted by Crippen LogP contribution is 2.18. The summed E-state index contributed by atoms with van der Waals surface area (Å²) in [4.78, 5) is 1.97. The Morgan fingerprint density at radius 1 is 1.31 bits per heavy atom. The van der Waals surface area contributed by atoms with Gasteiger partial charge in [0.25, 0.3) is 0 Å². The molecule has 74 valence electrons. The summed E-state index contributed by atoms with van der Waals surface area (Å²) < 4.78 is 5.29. The number of anilines is 1. The van der Waals surface area contributed by atoms with Gasteiger partial charge in [0.2, 0.25) is 5.89 Å². The summed E-state index contributed by atoms with van der Waals surface area (Å²) in [5, 5.41) is 7.72. The molecule has 0 atom stereocenters. The smallest absolute Gasteiger partial charge is 0.317 e. The lowest BCUT2D eigenvalue weighted by molar-refractivity contribution is 0.401. The van der Waals surface area contributed by atoms with Crippen LogP contribution in [0.3, 0.4) is 0 Å². The molecule has 0 bridgehead atoms. The molecule has 0 aliphatic carbocycles. The van der Waals surface area contributed by atoms with Crippen molar-refractivity contribution in [2.45, 2.75) is 27.7 Å². The molecular formula is C9H17N3O. The van der Waals surface area contributed by atoms with Crippen LogP contribution in [0, 0.1) is 12.3 Å². The molecule has 13 heavy (non-hydrogen) atoms. The number of nitrogens with zero attached hydrogens (tertiary/aromatic N) is 3. The summed E-state index contributed by atoms with van der Waals surface area (Å²) in [7, 11) is 1.96. The minimum absolute atomic E-state index is 0.233. The molecule has 0 aromatic carbocycles. The van der Waals surface area contributed by atoms with E-state index in [0.717, 1.165) is 6.54 Å². The second-order valence-electron chi connectivity index (χ2n) is 4.52. The highest BCUT2D eigenvalue weighted by Gasteiger charge is 2.17. The highest BCUT2D eigenvalue weighted by atomic mass is 16.4. The molecule has 0 N–H and O–H groups in total. The van der Waals surface area contributed by atoms with Gasteiger partial charge >= 0.3 is 6.01 Å². The summed E-state index contributed by atoms with van der Waals surface area (Å²) in [5.41, 5.74) is 0.233. The second-order valence-corrected chi connectivity index (χ2v) is 4.52. The van der Waals surface area contributed by atoms with E-state index in [2.05, 4.69) is 31.0 Å². The average Bonchev–Trinajstić information content (AvgIpc) is 2.31. The molecule has 0 radical (unpaired) electrons. The van der Waals surface area contributed by atoms with Crippen LogP contribution in [0.2, 0.25) is 0 Å². The molecule has 0 unspecified atom stereocenters. The van der Waals surface area contributed by atoms with Crippen molar-refractivity contribution in [2.75, 3.05) is 18.5 Å². The molecule has 0 amide bonds. The van der Waals surface area contributed by atoms with Crippen molar-refractivity contribution < 1.29 is 4.42 Å². The third kappa shape index (κ3) is 3.05. The first-order valence-electron chi connectivity index (χ1n) is 4.40. The van der Waals surface area contributed by atoms with Crippen LogP contribution in [-0.4, -0.2) is 23.8 Å².